The molecule has 7 nitrogen and oxygen atoms in total. The van der Waals surface area contributed by atoms with Crippen molar-refractivity contribution in [2.24, 2.45) is 0 Å². The molecule has 7 heteroatoms. The van der Waals surface area contributed by atoms with Crippen molar-refractivity contribution in [1.82, 2.24) is 10.3 Å². The molecule has 0 aliphatic carbocycles. The first-order valence-corrected chi connectivity index (χ1v) is 7.65. The fraction of sp³-hybridized carbons (Fsp3) is 0.412. The lowest BCUT2D eigenvalue weighted by Crippen LogP contribution is -2.38. The van der Waals surface area contributed by atoms with Crippen LogP contribution in [0.15, 0.2) is 30.5 Å². The highest BCUT2D eigenvalue weighted by atomic mass is 16.6. The van der Waals surface area contributed by atoms with Crippen LogP contribution in [0.4, 0.5) is 10.6 Å². The summed E-state index contributed by atoms with van der Waals surface area (Å²) in [6, 6.07) is 7.21. The maximum absolute atomic E-state index is 11.6. The normalized spacial score (nSPS) is 14.2. The lowest BCUT2D eigenvalue weighted by atomic mass is 9.99. The van der Waals surface area contributed by atoms with Crippen molar-refractivity contribution < 1.29 is 19.7 Å². The summed E-state index contributed by atoms with van der Waals surface area (Å²) in [5, 5.41) is 24.4. The van der Waals surface area contributed by atoms with Gasteiger partial charge < -0.3 is 26.0 Å². The minimum absolute atomic E-state index is 0.158. The van der Waals surface area contributed by atoms with Crippen LogP contribution in [0.1, 0.15) is 32.4 Å². The molecule has 1 aromatic carbocycles. The summed E-state index contributed by atoms with van der Waals surface area (Å²) in [6.45, 7) is 5.06. The number of hydrogen-bond acceptors (Lipinski definition) is 6. The van der Waals surface area contributed by atoms with E-state index in [0.717, 1.165) is 0 Å². The Bertz CT molecular complexity index is 727. The Morgan fingerprint density at radius 1 is 1.29 bits per heavy atom. The van der Waals surface area contributed by atoms with E-state index in [4.69, 9.17) is 10.5 Å². The average Bonchev–Trinajstić information content (AvgIpc) is 2.51. The molecule has 1 heterocycles. The van der Waals surface area contributed by atoms with Crippen LogP contribution in [0.3, 0.4) is 0 Å². The Kier molecular flexibility index (Phi) is 5.26. The first-order chi connectivity index (χ1) is 11.2. The molecule has 0 aliphatic heterocycles. The van der Waals surface area contributed by atoms with Gasteiger partial charge in [0.05, 0.1) is 0 Å². The number of pyridine rings is 1. The standard InChI is InChI=1S/C17H23N3O4/c1-17(2,3)24-16(23)20-9-13(21)14(22)12-8-19-15(18)11-7-5-4-6-10(11)12/h4-8,13-14,21-22H,9H2,1-3H3,(H2,18,19)(H,20,23). The maximum atomic E-state index is 11.6. The number of benzene rings is 1. The number of aliphatic hydroxyl groups excluding tert-OH is 2. The largest absolute Gasteiger partial charge is 0.444 e. The monoisotopic (exact) mass is 333 g/mol. The average molecular weight is 333 g/mol. The Balaban J connectivity index is 2.10. The van der Waals surface area contributed by atoms with Crippen LogP contribution >= 0.6 is 0 Å². The Hall–Kier alpha value is -2.38. The van der Waals surface area contributed by atoms with Crippen molar-refractivity contribution in [2.45, 2.75) is 38.6 Å². The molecule has 0 saturated heterocycles. The Morgan fingerprint density at radius 3 is 2.54 bits per heavy atom. The highest BCUT2D eigenvalue weighted by Gasteiger charge is 2.23. The number of carbonyl (C=O) groups is 1. The van der Waals surface area contributed by atoms with Crippen LogP contribution in [0.25, 0.3) is 10.8 Å². The van der Waals surface area contributed by atoms with Gasteiger partial charge >= 0.3 is 6.09 Å². The van der Waals surface area contributed by atoms with Crippen LogP contribution in [0.5, 0.6) is 0 Å². The molecule has 24 heavy (non-hydrogen) atoms. The number of nitrogens with zero attached hydrogens (tertiary/aromatic N) is 1. The fourth-order valence-electron chi connectivity index (χ4n) is 2.29. The van der Waals surface area contributed by atoms with Gasteiger partial charge in [0.1, 0.15) is 23.6 Å². The van der Waals surface area contributed by atoms with Crippen LogP contribution < -0.4 is 11.1 Å². The molecular weight excluding hydrogens is 310 g/mol. The minimum atomic E-state index is -1.22. The summed E-state index contributed by atoms with van der Waals surface area (Å²) < 4.78 is 5.09. The molecule has 2 aromatic rings. The number of nitrogens with two attached hydrogens (primary N) is 1. The van der Waals surface area contributed by atoms with Gasteiger partial charge in [0.2, 0.25) is 0 Å². The zero-order chi connectivity index (χ0) is 17.9. The number of nitrogens with one attached hydrogen (secondary N) is 1. The lowest BCUT2D eigenvalue weighted by Gasteiger charge is -2.22. The van der Waals surface area contributed by atoms with Gasteiger partial charge in [0.25, 0.3) is 0 Å². The third-order valence-electron chi connectivity index (χ3n) is 3.39. The first kappa shape index (κ1) is 18.0. The van der Waals surface area contributed by atoms with Gasteiger partial charge in [-0.05, 0) is 26.2 Å². The van der Waals surface area contributed by atoms with Gasteiger partial charge in [-0.15, -0.1) is 0 Å². The number of anilines is 1. The van der Waals surface area contributed by atoms with E-state index in [2.05, 4.69) is 10.3 Å². The predicted octanol–water partition coefficient (Wildman–Crippen LogP) is 1.74. The van der Waals surface area contributed by atoms with Gasteiger partial charge in [-0.1, -0.05) is 24.3 Å². The van der Waals surface area contributed by atoms with Crippen LogP contribution in [-0.4, -0.2) is 39.5 Å². The molecule has 130 valence electrons. The molecular formula is C17H23N3O4. The molecule has 0 bridgehead atoms. The summed E-state index contributed by atoms with van der Waals surface area (Å²) >= 11 is 0. The number of aliphatic hydroxyl groups is 2. The number of ether oxygens (including phenoxy) is 1. The molecule has 0 radical (unpaired) electrons. The highest BCUT2D eigenvalue weighted by Crippen LogP contribution is 2.28. The number of alkyl carbamates (subject to hydrolysis) is 1. The fourth-order valence-corrected chi connectivity index (χ4v) is 2.29. The SMILES string of the molecule is CC(C)(C)OC(=O)NCC(O)C(O)c1cnc(N)c2ccccc12. The van der Waals surface area contributed by atoms with E-state index in [-0.39, 0.29) is 6.54 Å². The van der Waals surface area contributed by atoms with Crippen molar-refractivity contribution >= 4 is 22.7 Å². The van der Waals surface area contributed by atoms with Gasteiger partial charge in [-0.3, -0.25) is 0 Å². The highest BCUT2D eigenvalue weighted by molar-refractivity contribution is 5.93. The number of hydrogen-bond donors (Lipinski definition) is 4. The smallest absolute Gasteiger partial charge is 0.407 e. The van der Waals surface area contributed by atoms with E-state index in [9.17, 15) is 15.0 Å². The summed E-state index contributed by atoms with van der Waals surface area (Å²) in [5.74, 6) is 0.350. The number of fused-ring (bicyclic) bond motifs is 1. The second kappa shape index (κ2) is 7.02. The van der Waals surface area contributed by atoms with E-state index in [0.29, 0.717) is 22.2 Å². The molecule has 2 atom stereocenters. The van der Waals surface area contributed by atoms with Gasteiger partial charge in [-0.25, -0.2) is 9.78 Å². The molecule has 5 N–H and O–H groups in total. The van der Waals surface area contributed by atoms with E-state index in [1.165, 1.54) is 6.20 Å². The van der Waals surface area contributed by atoms with Gasteiger partial charge in [-0.2, -0.15) is 0 Å². The number of carbonyl (C=O) groups excluding carboxylic acids is 1. The molecule has 2 rings (SSSR count). The zero-order valence-electron chi connectivity index (χ0n) is 14.0. The molecule has 1 aromatic heterocycles. The van der Waals surface area contributed by atoms with E-state index >= 15 is 0 Å². The summed E-state index contributed by atoms with van der Waals surface area (Å²) in [5.41, 5.74) is 5.64. The third kappa shape index (κ3) is 4.33. The van der Waals surface area contributed by atoms with E-state index < -0.39 is 23.9 Å². The second-order valence-electron chi connectivity index (χ2n) is 6.54. The lowest BCUT2D eigenvalue weighted by molar-refractivity contribution is 0.0135. The van der Waals surface area contributed by atoms with Crippen molar-refractivity contribution in [2.75, 3.05) is 12.3 Å². The van der Waals surface area contributed by atoms with Crippen LogP contribution in [-0.2, 0) is 4.74 Å². The van der Waals surface area contributed by atoms with Gasteiger partial charge in [0, 0.05) is 23.7 Å². The number of amides is 1. The van der Waals surface area contributed by atoms with Crippen molar-refractivity contribution in [3.8, 4) is 0 Å². The van der Waals surface area contributed by atoms with Crippen LogP contribution in [0.2, 0.25) is 0 Å². The van der Waals surface area contributed by atoms with Crippen molar-refractivity contribution in [1.29, 1.82) is 0 Å². The number of aromatic nitrogens is 1. The molecule has 0 spiro atoms. The number of nitrogen functional groups attached to an aromatic ring is 1. The number of rotatable bonds is 4. The molecule has 0 fully saturated rings. The Morgan fingerprint density at radius 2 is 1.92 bits per heavy atom. The molecule has 2 unspecified atom stereocenters. The summed E-state index contributed by atoms with van der Waals surface area (Å²) in [7, 11) is 0. The van der Waals surface area contributed by atoms with Gasteiger partial charge in [0.15, 0.2) is 0 Å². The zero-order valence-corrected chi connectivity index (χ0v) is 14.0. The third-order valence-corrected chi connectivity index (χ3v) is 3.39. The predicted molar refractivity (Wildman–Crippen MR) is 91.4 cm³/mol. The molecule has 0 aliphatic rings. The van der Waals surface area contributed by atoms with E-state index in [1.54, 1.807) is 32.9 Å². The molecule has 0 saturated carbocycles. The maximum Gasteiger partial charge on any atom is 0.407 e. The second-order valence-corrected chi connectivity index (χ2v) is 6.54. The summed E-state index contributed by atoms with van der Waals surface area (Å²) in [4.78, 5) is 15.7. The molecule has 1 amide bonds. The van der Waals surface area contributed by atoms with Crippen LogP contribution in [0, 0.1) is 0 Å². The quantitative estimate of drug-likeness (QED) is 0.677. The van der Waals surface area contributed by atoms with Crippen molar-refractivity contribution in [3.05, 3.63) is 36.0 Å². The first-order valence-electron chi connectivity index (χ1n) is 7.65. The summed E-state index contributed by atoms with van der Waals surface area (Å²) in [6.07, 6.45) is -1.67. The topological polar surface area (TPSA) is 118 Å². The van der Waals surface area contributed by atoms with E-state index in [1.807, 2.05) is 12.1 Å². The Labute approximate surface area is 140 Å². The van der Waals surface area contributed by atoms with Crippen molar-refractivity contribution in [3.63, 3.8) is 0 Å². The minimum Gasteiger partial charge on any atom is -0.444 e.